The lowest BCUT2D eigenvalue weighted by molar-refractivity contribution is 0.625. The molecule has 4 aromatic heterocycles. The van der Waals surface area contributed by atoms with Gasteiger partial charge >= 0.3 is 0 Å². The van der Waals surface area contributed by atoms with Gasteiger partial charge in [0.15, 0.2) is 11.4 Å². The maximum Gasteiger partial charge on any atom is 0.263 e. The predicted octanol–water partition coefficient (Wildman–Crippen LogP) is 2.43. The zero-order valence-electron chi connectivity index (χ0n) is 12.9. The number of hydrogen-bond donors (Lipinski definition) is 1. The highest BCUT2D eigenvalue weighted by atomic mass is 16.3. The number of rotatable bonds is 2. The lowest BCUT2D eigenvalue weighted by Crippen LogP contribution is -2.18. The van der Waals surface area contributed by atoms with Crippen LogP contribution in [0.1, 0.15) is 12.8 Å². The molecule has 7 nitrogen and oxygen atoms in total. The van der Waals surface area contributed by atoms with Gasteiger partial charge in [0.2, 0.25) is 0 Å². The average Bonchev–Trinajstić information content (AvgIpc) is 3.32. The third-order valence-electron chi connectivity index (χ3n) is 4.48. The summed E-state index contributed by atoms with van der Waals surface area (Å²) in [6.45, 7) is 2.05. The van der Waals surface area contributed by atoms with Crippen LogP contribution in [0.3, 0.4) is 0 Å². The Morgan fingerprint density at radius 3 is 2.88 bits per heavy atom. The van der Waals surface area contributed by atoms with E-state index in [1.54, 1.807) is 23.0 Å². The van der Waals surface area contributed by atoms with Crippen LogP contribution in [0.5, 0.6) is 0 Å². The molecule has 0 spiro atoms. The highest BCUT2D eigenvalue weighted by Crippen LogP contribution is 2.33. The van der Waals surface area contributed by atoms with E-state index < -0.39 is 0 Å². The van der Waals surface area contributed by atoms with Crippen LogP contribution in [0.15, 0.2) is 45.9 Å². The summed E-state index contributed by atoms with van der Waals surface area (Å²) < 4.78 is 7.65. The first kappa shape index (κ1) is 13.4. The Kier molecular flexibility index (Phi) is 2.76. The van der Waals surface area contributed by atoms with Crippen molar-refractivity contribution < 1.29 is 4.42 Å². The first-order chi connectivity index (χ1) is 11.8. The third kappa shape index (κ3) is 1.94. The van der Waals surface area contributed by atoms with E-state index in [1.807, 2.05) is 12.1 Å². The Morgan fingerprint density at radius 1 is 1.12 bits per heavy atom. The minimum absolute atomic E-state index is 0.183. The van der Waals surface area contributed by atoms with Crippen LogP contribution in [0.4, 0.5) is 5.82 Å². The van der Waals surface area contributed by atoms with Crippen molar-refractivity contribution in [3.63, 3.8) is 0 Å². The van der Waals surface area contributed by atoms with Gasteiger partial charge in [0, 0.05) is 25.4 Å². The van der Waals surface area contributed by atoms with Gasteiger partial charge in [-0.25, -0.2) is 14.5 Å². The van der Waals surface area contributed by atoms with Gasteiger partial charge in [-0.2, -0.15) is 0 Å². The Labute approximate surface area is 136 Å². The zero-order chi connectivity index (χ0) is 16.1. The summed E-state index contributed by atoms with van der Waals surface area (Å²) in [6.07, 6.45) is 5.86. The minimum Gasteiger partial charge on any atom is -0.454 e. The monoisotopic (exact) mass is 321 g/mol. The highest BCUT2D eigenvalue weighted by Gasteiger charge is 2.19. The van der Waals surface area contributed by atoms with Gasteiger partial charge in [-0.15, -0.1) is 0 Å². The van der Waals surface area contributed by atoms with Crippen molar-refractivity contribution in [2.75, 3.05) is 18.0 Å². The van der Waals surface area contributed by atoms with Crippen molar-refractivity contribution in [2.45, 2.75) is 12.8 Å². The molecule has 5 rings (SSSR count). The molecular weight excluding hydrogens is 306 g/mol. The zero-order valence-corrected chi connectivity index (χ0v) is 12.9. The lowest BCUT2D eigenvalue weighted by atomic mass is 10.2. The number of pyridine rings is 1. The molecule has 1 aliphatic heterocycles. The van der Waals surface area contributed by atoms with Crippen molar-refractivity contribution in [3.8, 4) is 11.5 Å². The lowest BCUT2D eigenvalue weighted by Gasteiger charge is -2.16. The second-order valence-corrected chi connectivity index (χ2v) is 6.00. The van der Waals surface area contributed by atoms with Crippen LogP contribution < -0.4 is 10.5 Å². The van der Waals surface area contributed by atoms with Gasteiger partial charge in [0.05, 0.1) is 11.6 Å². The topological polar surface area (TPSA) is 79.4 Å². The number of furan rings is 1. The number of hydrogen-bond acceptors (Lipinski definition) is 5. The fourth-order valence-electron chi connectivity index (χ4n) is 3.33. The first-order valence-electron chi connectivity index (χ1n) is 8.00. The smallest absolute Gasteiger partial charge is 0.263 e. The molecule has 4 aromatic rings. The Hall–Kier alpha value is -3.09. The molecule has 1 N–H and O–H groups in total. The fraction of sp³-hybridized carbons (Fsp3) is 0.235. The van der Waals surface area contributed by atoms with Gasteiger partial charge in [0.25, 0.3) is 5.56 Å². The molecule has 7 heteroatoms. The largest absolute Gasteiger partial charge is 0.454 e. The van der Waals surface area contributed by atoms with E-state index in [0.717, 1.165) is 29.9 Å². The van der Waals surface area contributed by atoms with Gasteiger partial charge in [-0.3, -0.25) is 9.89 Å². The van der Waals surface area contributed by atoms with Crippen molar-refractivity contribution >= 4 is 22.4 Å². The van der Waals surface area contributed by atoms with E-state index in [9.17, 15) is 4.79 Å². The molecule has 24 heavy (non-hydrogen) atoms. The number of imidazole rings is 1. The van der Waals surface area contributed by atoms with Crippen LogP contribution in [-0.4, -0.2) is 32.7 Å². The summed E-state index contributed by atoms with van der Waals surface area (Å²) in [4.78, 5) is 22.8. The summed E-state index contributed by atoms with van der Waals surface area (Å²) in [5, 5.41) is 3.75. The van der Waals surface area contributed by atoms with Gasteiger partial charge in [0.1, 0.15) is 17.1 Å². The van der Waals surface area contributed by atoms with E-state index in [2.05, 4.69) is 20.0 Å². The maximum atomic E-state index is 11.6. The molecule has 0 bridgehead atoms. The first-order valence-corrected chi connectivity index (χ1v) is 8.00. The van der Waals surface area contributed by atoms with E-state index in [-0.39, 0.29) is 5.56 Å². The Bertz CT molecular complexity index is 1100. The number of nitrogens with one attached hydrogen (secondary N) is 1. The van der Waals surface area contributed by atoms with Crippen molar-refractivity contribution in [1.82, 2.24) is 19.6 Å². The maximum absolute atomic E-state index is 11.6. The number of H-pyrrole nitrogens is 1. The molecule has 0 aromatic carbocycles. The molecule has 0 atom stereocenters. The summed E-state index contributed by atoms with van der Waals surface area (Å²) in [6, 6.07) is 6.98. The van der Waals surface area contributed by atoms with Crippen LogP contribution >= 0.6 is 0 Å². The number of fused-ring (bicyclic) bond motifs is 2. The van der Waals surface area contributed by atoms with Crippen molar-refractivity contribution in [2.24, 2.45) is 0 Å². The van der Waals surface area contributed by atoms with Crippen molar-refractivity contribution in [1.29, 1.82) is 0 Å². The van der Waals surface area contributed by atoms with E-state index >= 15 is 0 Å². The van der Waals surface area contributed by atoms with Gasteiger partial charge in [-0.05, 0) is 31.0 Å². The summed E-state index contributed by atoms with van der Waals surface area (Å²) >= 11 is 0. The molecule has 1 fully saturated rings. The average molecular weight is 321 g/mol. The van der Waals surface area contributed by atoms with Crippen molar-refractivity contribution in [3.05, 3.63) is 47.0 Å². The number of anilines is 1. The molecule has 1 saturated heterocycles. The molecule has 5 heterocycles. The highest BCUT2D eigenvalue weighted by molar-refractivity contribution is 5.92. The van der Waals surface area contributed by atoms with E-state index in [1.165, 1.54) is 18.9 Å². The van der Waals surface area contributed by atoms with Crippen LogP contribution in [0.25, 0.3) is 28.1 Å². The second kappa shape index (κ2) is 4.95. The molecule has 120 valence electrons. The molecular formula is C17H15N5O2. The quantitative estimate of drug-likeness (QED) is 0.613. The molecule has 0 unspecified atom stereocenters. The second-order valence-electron chi connectivity index (χ2n) is 6.00. The number of aromatic nitrogens is 4. The fourth-order valence-corrected chi connectivity index (χ4v) is 3.33. The Morgan fingerprint density at radius 2 is 2.00 bits per heavy atom. The van der Waals surface area contributed by atoms with Gasteiger partial charge < -0.3 is 9.32 Å². The number of aromatic amines is 1. The van der Waals surface area contributed by atoms with E-state index in [4.69, 9.17) is 4.42 Å². The summed E-state index contributed by atoms with van der Waals surface area (Å²) in [5.41, 5.74) is 1.99. The summed E-state index contributed by atoms with van der Waals surface area (Å²) in [7, 11) is 0. The van der Waals surface area contributed by atoms with Crippen LogP contribution in [0.2, 0.25) is 0 Å². The van der Waals surface area contributed by atoms with E-state index in [0.29, 0.717) is 17.1 Å². The summed E-state index contributed by atoms with van der Waals surface area (Å²) in [5.74, 6) is 1.62. The molecule has 0 amide bonds. The normalized spacial score (nSPS) is 14.9. The van der Waals surface area contributed by atoms with Crippen LogP contribution in [0, 0.1) is 0 Å². The Balaban J connectivity index is 1.71. The molecule has 0 radical (unpaired) electrons. The number of nitrogens with zero attached hydrogens (tertiary/aromatic N) is 4. The molecule has 1 aliphatic rings. The third-order valence-corrected chi connectivity index (χ3v) is 4.48. The molecule has 0 aliphatic carbocycles. The standard InChI is InChI=1S/C17H15N5O2/c23-16-4-3-15-19-10-12(22(15)20-16)14-9-11-13(24-14)5-6-18-17(11)21-7-1-2-8-21/h3-6,9-10H,1-2,7-8H2,(H,20,23). The SMILES string of the molecule is O=c1ccc2ncc(-c3cc4c(N5CCCC5)nccc4o3)n2[nH]1. The predicted molar refractivity (Wildman–Crippen MR) is 90.3 cm³/mol. The minimum atomic E-state index is -0.183. The van der Waals surface area contributed by atoms with Crippen LogP contribution in [-0.2, 0) is 0 Å². The molecule has 0 saturated carbocycles. The van der Waals surface area contributed by atoms with Gasteiger partial charge in [-0.1, -0.05) is 0 Å².